The highest BCUT2D eigenvalue weighted by Crippen LogP contribution is 2.17. The SMILES string of the molecule is COC(=O)CCCCCCNC(=O)NC1CCCC1. The van der Waals surface area contributed by atoms with Gasteiger partial charge in [-0.2, -0.15) is 0 Å². The lowest BCUT2D eigenvalue weighted by Gasteiger charge is -2.12. The minimum atomic E-state index is -0.144. The zero-order chi connectivity index (χ0) is 13.9. The molecule has 1 rings (SSSR count). The molecule has 0 saturated heterocycles. The van der Waals surface area contributed by atoms with Gasteiger partial charge in [-0.25, -0.2) is 4.79 Å². The van der Waals surface area contributed by atoms with Crippen molar-refractivity contribution in [2.45, 2.75) is 63.8 Å². The second kappa shape index (κ2) is 9.64. The quantitative estimate of drug-likeness (QED) is 0.525. The number of hydrogen-bond acceptors (Lipinski definition) is 3. The molecule has 0 radical (unpaired) electrons. The lowest BCUT2D eigenvalue weighted by atomic mass is 10.1. The van der Waals surface area contributed by atoms with Crippen LogP contribution >= 0.6 is 0 Å². The minimum Gasteiger partial charge on any atom is -0.469 e. The number of unbranched alkanes of at least 4 members (excludes halogenated alkanes) is 3. The summed E-state index contributed by atoms with van der Waals surface area (Å²) in [4.78, 5) is 22.4. The smallest absolute Gasteiger partial charge is 0.315 e. The third-order valence-electron chi connectivity index (χ3n) is 3.51. The van der Waals surface area contributed by atoms with E-state index in [-0.39, 0.29) is 12.0 Å². The van der Waals surface area contributed by atoms with Crippen molar-refractivity contribution >= 4 is 12.0 Å². The molecule has 0 aliphatic heterocycles. The Bertz CT molecular complexity index is 276. The van der Waals surface area contributed by atoms with Crippen molar-refractivity contribution in [1.29, 1.82) is 0 Å². The van der Waals surface area contributed by atoms with Crippen LogP contribution in [0.1, 0.15) is 57.8 Å². The first-order chi connectivity index (χ1) is 9.22. The summed E-state index contributed by atoms with van der Waals surface area (Å²) in [5, 5.41) is 5.87. The van der Waals surface area contributed by atoms with Crippen LogP contribution in [0.15, 0.2) is 0 Å². The van der Waals surface area contributed by atoms with Crippen LogP contribution < -0.4 is 10.6 Å². The Kier molecular flexibility index (Phi) is 8.02. The predicted octanol–water partition coefficient (Wildman–Crippen LogP) is 2.35. The first-order valence-electron chi connectivity index (χ1n) is 7.33. The van der Waals surface area contributed by atoms with Gasteiger partial charge in [0, 0.05) is 19.0 Å². The van der Waals surface area contributed by atoms with E-state index in [9.17, 15) is 9.59 Å². The molecule has 0 aromatic carbocycles. The molecule has 0 aromatic heterocycles. The Balaban J connectivity index is 1.87. The van der Waals surface area contributed by atoms with Gasteiger partial charge in [-0.3, -0.25) is 4.79 Å². The van der Waals surface area contributed by atoms with Gasteiger partial charge in [0.05, 0.1) is 7.11 Å². The van der Waals surface area contributed by atoms with Crippen LogP contribution in [0.3, 0.4) is 0 Å². The molecule has 0 heterocycles. The van der Waals surface area contributed by atoms with Gasteiger partial charge in [-0.05, 0) is 25.7 Å². The van der Waals surface area contributed by atoms with E-state index in [0.29, 0.717) is 19.0 Å². The molecule has 1 fully saturated rings. The van der Waals surface area contributed by atoms with E-state index in [1.54, 1.807) is 0 Å². The van der Waals surface area contributed by atoms with Gasteiger partial charge >= 0.3 is 12.0 Å². The highest BCUT2D eigenvalue weighted by atomic mass is 16.5. The Hall–Kier alpha value is -1.26. The molecule has 2 N–H and O–H groups in total. The zero-order valence-corrected chi connectivity index (χ0v) is 11.9. The molecule has 110 valence electrons. The fraction of sp³-hybridized carbons (Fsp3) is 0.857. The number of urea groups is 1. The summed E-state index contributed by atoms with van der Waals surface area (Å²) in [5.74, 6) is -0.144. The van der Waals surface area contributed by atoms with Crippen molar-refractivity contribution in [2.24, 2.45) is 0 Å². The topological polar surface area (TPSA) is 67.4 Å². The summed E-state index contributed by atoms with van der Waals surface area (Å²) in [6.07, 6.45) is 9.02. The number of ether oxygens (including phenoxy) is 1. The van der Waals surface area contributed by atoms with E-state index in [2.05, 4.69) is 15.4 Å². The zero-order valence-electron chi connectivity index (χ0n) is 11.9. The molecular weight excluding hydrogens is 244 g/mol. The van der Waals surface area contributed by atoms with Crippen LogP contribution in [-0.4, -0.2) is 31.7 Å². The number of amides is 2. The van der Waals surface area contributed by atoms with E-state index in [1.165, 1.54) is 20.0 Å². The summed E-state index contributed by atoms with van der Waals surface area (Å²) >= 11 is 0. The summed E-state index contributed by atoms with van der Waals surface area (Å²) < 4.78 is 4.57. The van der Waals surface area contributed by atoms with Crippen molar-refractivity contribution in [3.8, 4) is 0 Å². The molecule has 5 nitrogen and oxygen atoms in total. The minimum absolute atomic E-state index is 0.0403. The van der Waals surface area contributed by atoms with Gasteiger partial charge in [0.15, 0.2) is 0 Å². The van der Waals surface area contributed by atoms with Crippen LogP contribution in [0.5, 0.6) is 0 Å². The first-order valence-corrected chi connectivity index (χ1v) is 7.33. The van der Waals surface area contributed by atoms with Crippen molar-refractivity contribution in [3.63, 3.8) is 0 Å². The van der Waals surface area contributed by atoms with E-state index >= 15 is 0 Å². The molecule has 1 aliphatic carbocycles. The van der Waals surface area contributed by atoms with Crippen LogP contribution in [0, 0.1) is 0 Å². The van der Waals surface area contributed by atoms with Crippen LogP contribution in [-0.2, 0) is 9.53 Å². The molecule has 0 bridgehead atoms. The van der Waals surface area contributed by atoms with E-state index in [4.69, 9.17) is 0 Å². The molecule has 0 unspecified atom stereocenters. The Morgan fingerprint density at radius 1 is 1.11 bits per heavy atom. The summed E-state index contributed by atoms with van der Waals surface area (Å²) in [5.41, 5.74) is 0. The highest BCUT2D eigenvalue weighted by molar-refractivity contribution is 5.74. The molecule has 19 heavy (non-hydrogen) atoms. The molecule has 5 heteroatoms. The molecule has 1 aliphatic rings. The molecule has 1 saturated carbocycles. The van der Waals surface area contributed by atoms with Crippen LogP contribution in [0.25, 0.3) is 0 Å². The van der Waals surface area contributed by atoms with Gasteiger partial charge in [0.25, 0.3) is 0 Å². The molecule has 2 amide bonds. The first kappa shape index (κ1) is 15.8. The number of rotatable bonds is 8. The number of carbonyl (C=O) groups is 2. The fourth-order valence-corrected chi connectivity index (χ4v) is 2.36. The number of carbonyl (C=O) groups excluding carboxylic acids is 2. The summed E-state index contributed by atoms with van der Waals surface area (Å²) in [6, 6.07) is 0.335. The van der Waals surface area contributed by atoms with E-state index in [1.807, 2.05) is 0 Å². The van der Waals surface area contributed by atoms with Gasteiger partial charge in [-0.15, -0.1) is 0 Å². The number of hydrogen-bond donors (Lipinski definition) is 2. The normalized spacial score (nSPS) is 15.2. The third kappa shape index (κ3) is 7.70. The van der Waals surface area contributed by atoms with Crippen molar-refractivity contribution in [3.05, 3.63) is 0 Å². The number of esters is 1. The maximum atomic E-state index is 11.5. The average molecular weight is 270 g/mol. The van der Waals surface area contributed by atoms with Gasteiger partial charge in [0.1, 0.15) is 0 Å². The van der Waals surface area contributed by atoms with E-state index in [0.717, 1.165) is 38.5 Å². The Morgan fingerprint density at radius 2 is 1.79 bits per heavy atom. The lowest BCUT2D eigenvalue weighted by Crippen LogP contribution is -2.41. The largest absolute Gasteiger partial charge is 0.469 e. The molecule has 0 spiro atoms. The third-order valence-corrected chi connectivity index (χ3v) is 3.51. The second-order valence-corrected chi connectivity index (χ2v) is 5.12. The van der Waals surface area contributed by atoms with Crippen molar-refractivity contribution in [1.82, 2.24) is 10.6 Å². The highest BCUT2D eigenvalue weighted by Gasteiger charge is 2.16. The maximum absolute atomic E-state index is 11.5. The molecule has 0 aromatic rings. The Labute approximate surface area is 115 Å². The lowest BCUT2D eigenvalue weighted by molar-refractivity contribution is -0.140. The summed E-state index contributed by atoms with van der Waals surface area (Å²) in [7, 11) is 1.41. The predicted molar refractivity (Wildman–Crippen MR) is 73.9 cm³/mol. The molecular formula is C14H26N2O3. The van der Waals surface area contributed by atoms with Crippen molar-refractivity contribution in [2.75, 3.05) is 13.7 Å². The second-order valence-electron chi connectivity index (χ2n) is 5.12. The van der Waals surface area contributed by atoms with Gasteiger partial charge < -0.3 is 15.4 Å². The average Bonchev–Trinajstić information content (AvgIpc) is 2.90. The number of methoxy groups -OCH3 is 1. The monoisotopic (exact) mass is 270 g/mol. The summed E-state index contributed by atoms with van der Waals surface area (Å²) in [6.45, 7) is 0.705. The van der Waals surface area contributed by atoms with Crippen LogP contribution in [0.2, 0.25) is 0 Å². The Morgan fingerprint density at radius 3 is 2.47 bits per heavy atom. The molecule has 0 atom stereocenters. The van der Waals surface area contributed by atoms with Crippen LogP contribution in [0.4, 0.5) is 4.79 Å². The van der Waals surface area contributed by atoms with Gasteiger partial charge in [0.2, 0.25) is 0 Å². The van der Waals surface area contributed by atoms with Gasteiger partial charge in [-0.1, -0.05) is 25.7 Å². The van der Waals surface area contributed by atoms with E-state index < -0.39 is 0 Å². The van der Waals surface area contributed by atoms with Crippen molar-refractivity contribution < 1.29 is 14.3 Å². The fourth-order valence-electron chi connectivity index (χ4n) is 2.36. The number of nitrogens with one attached hydrogen (secondary N) is 2. The maximum Gasteiger partial charge on any atom is 0.315 e. The standard InChI is InChI=1S/C14H26N2O3/c1-19-13(17)10-4-2-3-7-11-15-14(18)16-12-8-5-6-9-12/h12H,2-11H2,1H3,(H2,15,16,18).